The van der Waals surface area contributed by atoms with Crippen LogP contribution in [0.5, 0.6) is 5.75 Å². The van der Waals surface area contributed by atoms with Gasteiger partial charge in [-0.3, -0.25) is 14.9 Å². The zero-order chi connectivity index (χ0) is 20.7. The van der Waals surface area contributed by atoms with Gasteiger partial charge in [-0.15, -0.1) is 0 Å². The normalized spacial score (nSPS) is 10.6. The summed E-state index contributed by atoms with van der Waals surface area (Å²) >= 11 is 5.12. The SMILES string of the molecule is CCOc1ccccc1C(=O)NC(=S)Nc1ccc(S(=O)(=O)NC(C)=O)cc1. The summed E-state index contributed by atoms with van der Waals surface area (Å²) in [5.41, 5.74) is 0.801. The zero-order valence-corrected chi connectivity index (χ0v) is 16.8. The number of hydrogen-bond donors (Lipinski definition) is 3. The summed E-state index contributed by atoms with van der Waals surface area (Å²) in [6, 6.07) is 12.3. The highest BCUT2D eigenvalue weighted by molar-refractivity contribution is 7.90. The molecular formula is C18H19N3O5S2. The average molecular weight is 422 g/mol. The average Bonchev–Trinajstić information content (AvgIpc) is 2.61. The van der Waals surface area contributed by atoms with Crippen molar-refractivity contribution in [2.24, 2.45) is 0 Å². The molecule has 0 heterocycles. The summed E-state index contributed by atoms with van der Waals surface area (Å²) in [5.74, 6) is -0.678. The smallest absolute Gasteiger partial charge is 0.264 e. The van der Waals surface area contributed by atoms with Crippen molar-refractivity contribution in [2.45, 2.75) is 18.7 Å². The molecule has 0 aromatic heterocycles. The third kappa shape index (κ3) is 5.76. The van der Waals surface area contributed by atoms with Crippen molar-refractivity contribution < 1.29 is 22.7 Å². The molecule has 2 amide bonds. The summed E-state index contributed by atoms with van der Waals surface area (Å²) in [4.78, 5) is 23.3. The van der Waals surface area contributed by atoms with Crippen LogP contribution in [0.1, 0.15) is 24.2 Å². The molecule has 2 rings (SSSR count). The molecule has 2 aromatic rings. The Balaban J connectivity index is 2.04. The van der Waals surface area contributed by atoms with Crippen LogP contribution in [0.15, 0.2) is 53.4 Å². The number of hydrogen-bond acceptors (Lipinski definition) is 6. The second-order valence-corrected chi connectivity index (χ2v) is 7.61. The van der Waals surface area contributed by atoms with Crippen LogP contribution in [0, 0.1) is 0 Å². The molecule has 0 atom stereocenters. The topological polar surface area (TPSA) is 114 Å². The predicted octanol–water partition coefficient (Wildman–Crippen LogP) is 2.04. The van der Waals surface area contributed by atoms with E-state index in [9.17, 15) is 18.0 Å². The highest BCUT2D eigenvalue weighted by Crippen LogP contribution is 2.18. The minimum Gasteiger partial charge on any atom is -0.493 e. The van der Waals surface area contributed by atoms with E-state index in [1.54, 1.807) is 24.3 Å². The van der Waals surface area contributed by atoms with Gasteiger partial charge in [0.1, 0.15) is 5.75 Å². The number of amides is 2. The highest BCUT2D eigenvalue weighted by Gasteiger charge is 2.16. The molecule has 0 unspecified atom stereocenters. The van der Waals surface area contributed by atoms with Crippen molar-refractivity contribution in [3.8, 4) is 5.75 Å². The first kappa shape index (κ1) is 21.3. The number of thiocarbonyl (C=S) groups is 1. The van der Waals surface area contributed by atoms with E-state index in [2.05, 4.69) is 10.6 Å². The first-order valence-corrected chi connectivity index (χ1v) is 10.1. The molecule has 0 bridgehead atoms. The minimum atomic E-state index is -3.91. The summed E-state index contributed by atoms with van der Waals surface area (Å²) in [5, 5.41) is 5.37. The molecule has 8 nitrogen and oxygen atoms in total. The van der Waals surface area contributed by atoms with E-state index in [1.807, 2.05) is 11.6 Å². The van der Waals surface area contributed by atoms with Crippen molar-refractivity contribution in [1.29, 1.82) is 0 Å². The standard InChI is InChI=1S/C18H19N3O5S2/c1-3-26-16-7-5-4-6-15(16)17(23)20-18(27)19-13-8-10-14(11-9-13)28(24,25)21-12(2)22/h4-11H,3H2,1-2H3,(H,21,22)(H2,19,20,23,27). The van der Waals surface area contributed by atoms with Gasteiger partial charge in [0, 0.05) is 12.6 Å². The Labute approximate surface area is 168 Å². The fourth-order valence-electron chi connectivity index (χ4n) is 2.23. The lowest BCUT2D eigenvalue weighted by Crippen LogP contribution is -2.34. The van der Waals surface area contributed by atoms with E-state index in [-0.39, 0.29) is 10.0 Å². The van der Waals surface area contributed by atoms with E-state index in [1.165, 1.54) is 24.3 Å². The third-order valence-corrected chi connectivity index (χ3v) is 5.01. The molecular weight excluding hydrogens is 402 g/mol. The Morgan fingerprint density at radius 3 is 2.32 bits per heavy atom. The van der Waals surface area contributed by atoms with Gasteiger partial charge < -0.3 is 10.1 Å². The first-order valence-electron chi connectivity index (χ1n) is 8.20. The van der Waals surface area contributed by atoms with Crippen molar-refractivity contribution in [2.75, 3.05) is 11.9 Å². The number of sulfonamides is 1. The Morgan fingerprint density at radius 1 is 1.07 bits per heavy atom. The molecule has 0 aliphatic heterocycles. The highest BCUT2D eigenvalue weighted by atomic mass is 32.2. The second-order valence-electron chi connectivity index (χ2n) is 5.52. The van der Waals surface area contributed by atoms with E-state index in [0.717, 1.165) is 6.92 Å². The van der Waals surface area contributed by atoms with Gasteiger partial charge >= 0.3 is 0 Å². The quantitative estimate of drug-likeness (QED) is 0.612. The number of carbonyl (C=O) groups excluding carboxylic acids is 2. The van der Waals surface area contributed by atoms with Gasteiger partial charge in [0.05, 0.1) is 17.1 Å². The van der Waals surface area contributed by atoms with Crippen LogP contribution in [0.2, 0.25) is 0 Å². The lowest BCUT2D eigenvalue weighted by Gasteiger charge is -2.12. The molecule has 2 aromatic carbocycles. The largest absolute Gasteiger partial charge is 0.493 e. The van der Waals surface area contributed by atoms with Gasteiger partial charge in [0.2, 0.25) is 5.91 Å². The van der Waals surface area contributed by atoms with Crippen LogP contribution in [0.25, 0.3) is 0 Å². The molecule has 0 saturated carbocycles. The Kier molecular flexibility index (Phi) is 7.07. The van der Waals surface area contributed by atoms with Crippen LogP contribution < -0.4 is 20.1 Å². The predicted molar refractivity (Wildman–Crippen MR) is 109 cm³/mol. The molecule has 0 aliphatic rings. The number of rotatable bonds is 6. The van der Waals surface area contributed by atoms with Gasteiger partial charge in [0.15, 0.2) is 5.11 Å². The Hall–Kier alpha value is -2.98. The molecule has 148 valence electrons. The third-order valence-electron chi connectivity index (χ3n) is 3.36. The van der Waals surface area contributed by atoms with Gasteiger partial charge in [-0.2, -0.15) is 0 Å². The fourth-order valence-corrected chi connectivity index (χ4v) is 3.44. The Bertz CT molecular complexity index is 989. The number of ether oxygens (including phenoxy) is 1. The number of benzene rings is 2. The van der Waals surface area contributed by atoms with Crippen LogP contribution in [0.3, 0.4) is 0 Å². The first-order chi connectivity index (χ1) is 13.2. The van der Waals surface area contributed by atoms with Gasteiger partial charge in [-0.1, -0.05) is 12.1 Å². The minimum absolute atomic E-state index is 0.0359. The fraction of sp³-hybridized carbons (Fsp3) is 0.167. The van der Waals surface area contributed by atoms with Gasteiger partial charge in [-0.05, 0) is 55.5 Å². The monoisotopic (exact) mass is 421 g/mol. The summed E-state index contributed by atoms with van der Waals surface area (Å²) in [7, 11) is -3.91. The molecule has 28 heavy (non-hydrogen) atoms. The zero-order valence-electron chi connectivity index (χ0n) is 15.2. The van der Waals surface area contributed by atoms with E-state index in [0.29, 0.717) is 23.6 Å². The number of carbonyl (C=O) groups is 2. The van der Waals surface area contributed by atoms with Crippen molar-refractivity contribution in [3.05, 3.63) is 54.1 Å². The number of anilines is 1. The molecule has 10 heteroatoms. The Morgan fingerprint density at radius 2 is 1.71 bits per heavy atom. The maximum atomic E-state index is 12.4. The molecule has 0 saturated heterocycles. The van der Waals surface area contributed by atoms with Crippen LogP contribution in [-0.2, 0) is 14.8 Å². The number of para-hydroxylation sites is 1. The number of nitrogens with one attached hydrogen (secondary N) is 3. The van der Waals surface area contributed by atoms with E-state index >= 15 is 0 Å². The molecule has 0 aliphatic carbocycles. The summed E-state index contributed by atoms with van der Waals surface area (Å²) < 4.78 is 31.1. The van der Waals surface area contributed by atoms with E-state index < -0.39 is 21.8 Å². The maximum Gasteiger partial charge on any atom is 0.264 e. The van der Waals surface area contributed by atoms with Gasteiger partial charge in [0.25, 0.3) is 15.9 Å². The second kappa shape index (κ2) is 9.29. The summed E-state index contributed by atoms with van der Waals surface area (Å²) in [6.45, 7) is 3.34. The van der Waals surface area contributed by atoms with Crippen molar-refractivity contribution in [1.82, 2.24) is 10.0 Å². The molecule has 0 fully saturated rings. The lowest BCUT2D eigenvalue weighted by atomic mass is 10.2. The van der Waals surface area contributed by atoms with Crippen LogP contribution in [0.4, 0.5) is 5.69 Å². The maximum absolute atomic E-state index is 12.4. The van der Waals surface area contributed by atoms with Crippen molar-refractivity contribution in [3.63, 3.8) is 0 Å². The van der Waals surface area contributed by atoms with Crippen LogP contribution in [-0.4, -0.2) is 32.0 Å². The molecule has 0 spiro atoms. The summed E-state index contributed by atoms with van der Waals surface area (Å²) in [6.07, 6.45) is 0. The van der Waals surface area contributed by atoms with Crippen LogP contribution >= 0.6 is 12.2 Å². The van der Waals surface area contributed by atoms with E-state index in [4.69, 9.17) is 17.0 Å². The lowest BCUT2D eigenvalue weighted by molar-refractivity contribution is -0.117. The molecule has 3 N–H and O–H groups in total. The van der Waals surface area contributed by atoms with Crippen molar-refractivity contribution >= 4 is 44.9 Å². The van der Waals surface area contributed by atoms with Gasteiger partial charge in [-0.25, -0.2) is 13.1 Å². The molecule has 0 radical (unpaired) electrons.